The molecule has 0 radical (unpaired) electrons. The van der Waals surface area contributed by atoms with Crippen molar-refractivity contribution in [3.05, 3.63) is 46.1 Å². The van der Waals surface area contributed by atoms with Crippen molar-refractivity contribution in [2.75, 3.05) is 6.61 Å². The fourth-order valence-electron chi connectivity index (χ4n) is 3.36. The van der Waals surface area contributed by atoms with Crippen molar-refractivity contribution < 1.29 is 25.2 Å². The summed E-state index contributed by atoms with van der Waals surface area (Å²) in [7, 11) is 0. The first-order chi connectivity index (χ1) is 13.4. The molecule has 0 saturated carbocycles. The fraction of sp³-hybridized carbons (Fsp3) is 0.444. The Hall–Kier alpha value is -1.59. The van der Waals surface area contributed by atoms with Crippen molar-refractivity contribution in [2.45, 2.75) is 43.5 Å². The summed E-state index contributed by atoms with van der Waals surface area (Å²) in [6.45, 7) is 0.0860. The second-order valence-corrected chi connectivity index (χ2v) is 8.48. The van der Waals surface area contributed by atoms with Crippen LogP contribution in [-0.4, -0.2) is 72.5 Å². The van der Waals surface area contributed by atoms with Crippen molar-refractivity contribution in [2.24, 2.45) is 0 Å². The zero-order valence-corrected chi connectivity index (χ0v) is 16.3. The van der Waals surface area contributed by atoms with E-state index in [1.165, 1.54) is 0 Å². The molecule has 10 heteroatoms. The lowest BCUT2D eigenvalue weighted by Gasteiger charge is -2.39. The predicted octanol–water partition coefficient (Wildman–Crippen LogP) is 0.579. The highest BCUT2D eigenvalue weighted by molar-refractivity contribution is 7.19. The van der Waals surface area contributed by atoms with E-state index in [2.05, 4.69) is 16.4 Å². The van der Waals surface area contributed by atoms with Crippen LogP contribution in [0.25, 0.3) is 10.1 Å². The second-order valence-electron chi connectivity index (χ2n) is 6.87. The van der Waals surface area contributed by atoms with E-state index in [0.29, 0.717) is 17.3 Å². The third-order valence-electron chi connectivity index (χ3n) is 4.84. The number of hydrogen-bond acceptors (Lipinski definition) is 8. The van der Waals surface area contributed by atoms with Gasteiger partial charge in [-0.2, -0.15) is 0 Å². The van der Waals surface area contributed by atoms with Crippen molar-refractivity contribution >= 4 is 33.0 Å². The molecule has 1 aliphatic heterocycles. The molecule has 0 amide bonds. The van der Waals surface area contributed by atoms with Crippen LogP contribution in [0.3, 0.4) is 0 Å². The van der Waals surface area contributed by atoms with Crippen LogP contribution < -0.4 is 0 Å². The number of aliphatic hydroxyl groups is 4. The Labute approximate surface area is 169 Å². The zero-order chi connectivity index (χ0) is 19.8. The van der Waals surface area contributed by atoms with E-state index in [9.17, 15) is 20.4 Å². The molecule has 3 heterocycles. The van der Waals surface area contributed by atoms with Gasteiger partial charge in [0, 0.05) is 27.2 Å². The van der Waals surface area contributed by atoms with Crippen LogP contribution >= 0.6 is 22.9 Å². The number of aromatic nitrogens is 3. The van der Waals surface area contributed by atoms with E-state index in [1.807, 2.05) is 18.2 Å². The van der Waals surface area contributed by atoms with Gasteiger partial charge < -0.3 is 25.2 Å². The van der Waals surface area contributed by atoms with E-state index in [-0.39, 0.29) is 6.42 Å². The Morgan fingerprint density at radius 2 is 1.89 bits per heavy atom. The minimum atomic E-state index is -1.39. The minimum absolute atomic E-state index is 0.198. The maximum atomic E-state index is 10.1. The average Bonchev–Trinajstić information content (AvgIpc) is 3.28. The standard InChI is InChI=1S/C18H20ClN3O5S/c19-10-2-1-9-3-12(28-15(9)4-10)7-22-6-11(20-21-22)5-13-16(24)18(26)17(25)14(8-23)27-13/h1-4,6,13-14,16-18,23-26H,5,7-8H2/t13-,14+,16-,17+,18+/m0/s1. The molecule has 4 N–H and O–H groups in total. The summed E-state index contributed by atoms with van der Waals surface area (Å²) in [5.74, 6) is 0. The van der Waals surface area contributed by atoms with E-state index >= 15 is 0 Å². The largest absolute Gasteiger partial charge is 0.394 e. The van der Waals surface area contributed by atoms with E-state index in [4.69, 9.17) is 16.3 Å². The lowest BCUT2D eigenvalue weighted by Crippen LogP contribution is -2.59. The number of ether oxygens (including phenoxy) is 1. The van der Waals surface area contributed by atoms with Gasteiger partial charge in [-0.05, 0) is 23.6 Å². The molecule has 0 bridgehead atoms. The van der Waals surface area contributed by atoms with Gasteiger partial charge in [0.2, 0.25) is 0 Å². The van der Waals surface area contributed by atoms with Crippen LogP contribution in [0.4, 0.5) is 0 Å². The third-order valence-corrected chi connectivity index (χ3v) is 6.16. The maximum Gasteiger partial charge on any atom is 0.111 e. The zero-order valence-electron chi connectivity index (χ0n) is 14.7. The highest BCUT2D eigenvalue weighted by Crippen LogP contribution is 2.29. The normalized spacial score (nSPS) is 28.1. The number of benzene rings is 1. The Kier molecular flexibility index (Phi) is 5.66. The molecule has 1 aliphatic rings. The Bertz CT molecular complexity index is 962. The molecule has 0 unspecified atom stereocenters. The lowest BCUT2D eigenvalue weighted by atomic mass is 9.93. The number of halogens is 1. The molecule has 1 aromatic carbocycles. The third kappa shape index (κ3) is 3.92. The van der Waals surface area contributed by atoms with Gasteiger partial charge in [-0.25, -0.2) is 4.68 Å². The van der Waals surface area contributed by atoms with Gasteiger partial charge in [0.05, 0.1) is 24.9 Å². The monoisotopic (exact) mass is 425 g/mol. The van der Waals surface area contributed by atoms with Crippen LogP contribution in [0.15, 0.2) is 30.5 Å². The van der Waals surface area contributed by atoms with Crippen LogP contribution in [0.5, 0.6) is 0 Å². The summed E-state index contributed by atoms with van der Waals surface area (Å²) < 4.78 is 8.30. The summed E-state index contributed by atoms with van der Waals surface area (Å²) >= 11 is 7.66. The van der Waals surface area contributed by atoms with Crippen molar-refractivity contribution in [3.63, 3.8) is 0 Å². The molecule has 8 nitrogen and oxygen atoms in total. The first kappa shape index (κ1) is 19.7. The molecule has 2 aromatic heterocycles. The lowest BCUT2D eigenvalue weighted by molar-refractivity contribution is -0.228. The van der Waals surface area contributed by atoms with Crippen molar-refractivity contribution in [1.82, 2.24) is 15.0 Å². The Balaban J connectivity index is 1.45. The first-order valence-electron chi connectivity index (χ1n) is 8.82. The number of fused-ring (bicyclic) bond motifs is 1. The molecule has 1 fully saturated rings. The number of rotatable bonds is 5. The van der Waals surface area contributed by atoms with Crippen LogP contribution in [0.1, 0.15) is 10.6 Å². The molecule has 28 heavy (non-hydrogen) atoms. The summed E-state index contributed by atoms with van der Waals surface area (Å²) in [6, 6.07) is 7.84. The molecule has 0 aliphatic carbocycles. The van der Waals surface area contributed by atoms with Crippen LogP contribution in [0.2, 0.25) is 5.02 Å². The summed E-state index contributed by atoms with van der Waals surface area (Å²) in [4.78, 5) is 1.10. The Morgan fingerprint density at radius 1 is 1.11 bits per heavy atom. The first-order valence-corrected chi connectivity index (χ1v) is 10.0. The SMILES string of the molecule is OC[C@H]1O[C@@H](Cc2cn(Cc3cc4ccc(Cl)cc4s3)nn2)[C@H](O)[C@@H](O)[C@@H]1O. The van der Waals surface area contributed by atoms with E-state index in [0.717, 1.165) is 15.0 Å². The van der Waals surface area contributed by atoms with E-state index in [1.54, 1.807) is 22.2 Å². The number of thiophene rings is 1. The maximum absolute atomic E-state index is 10.1. The fourth-order valence-corrected chi connectivity index (χ4v) is 4.69. The number of aliphatic hydroxyl groups excluding tert-OH is 4. The number of hydrogen-bond donors (Lipinski definition) is 4. The molecule has 150 valence electrons. The molecule has 4 rings (SSSR count). The van der Waals surface area contributed by atoms with Gasteiger partial charge >= 0.3 is 0 Å². The van der Waals surface area contributed by atoms with Gasteiger partial charge in [-0.1, -0.05) is 22.9 Å². The van der Waals surface area contributed by atoms with Gasteiger partial charge in [0.15, 0.2) is 0 Å². The molecule has 1 saturated heterocycles. The van der Waals surface area contributed by atoms with Gasteiger partial charge in [0.25, 0.3) is 0 Å². The van der Waals surface area contributed by atoms with Gasteiger partial charge in [-0.3, -0.25) is 0 Å². The highest BCUT2D eigenvalue weighted by atomic mass is 35.5. The highest BCUT2D eigenvalue weighted by Gasteiger charge is 2.43. The van der Waals surface area contributed by atoms with Gasteiger partial charge in [-0.15, -0.1) is 16.4 Å². The molecular weight excluding hydrogens is 406 g/mol. The molecule has 5 atom stereocenters. The Morgan fingerprint density at radius 3 is 2.68 bits per heavy atom. The van der Waals surface area contributed by atoms with Gasteiger partial charge in [0.1, 0.15) is 24.4 Å². The molecular formula is C18H20ClN3O5S. The summed E-state index contributed by atoms with van der Waals surface area (Å²) in [6.07, 6.45) is -3.82. The molecule has 0 spiro atoms. The topological polar surface area (TPSA) is 121 Å². The van der Waals surface area contributed by atoms with Crippen molar-refractivity contribution in [1.29, 1.82) is 0 Å². The smallest absolute Gasteiger partial charge is 0.111 e. The quantitative estimate of drug-likeness (QED) is 0.471. The predicted molar refractivity (Wildman–Crippen MR) is 103 cm³/mol. The average molecular weight is 426 g/mol. The van der Waals surface area contributed by atoms with E-state index < -0.39 is 37.1 Å². The number of nitrogens with zero attached hydrogens (tertiary/aromatic N) is 3. The second kappa shape index (κ2) is 8.03. The summed E-state index contributed by atoms with van der Waals surface area (Å²) in [5, 5.41) is 49.2. The molecule has 3 aromatic rings. The summed E-state index contributed by atoms with van der Waals surface area (Å²) in [5.41, 5.74) is 0.577. The van der Waals surface area contributed by atoms with Crippen molar-refractivity contribution in [3.8, 4) is 0 Å². The van der Waals surface area contributed by atoms with Crippen LogP contribution in [-0.2, 0) is 17.7 Å². The van der Waals surface area contributed by atoms with Crippen LogP contribution in [0, 0.1) is 0 Å². The minimum Gasteiger partial charge on any atom is -0.394 e.